The summed E-state index contributed by atoms with van der Waals surface area (Å²) in [7, 11) is -3.58. The fourth-order valence-electron chi connectivity index (χ4n) is 3.49. The highest BCUT2D eigenvalue weighted by atomic mass is 32.2. The molecule has 1 aliphatic rings. The van der Waals surface area contributed by atoms with Crippen LogP contribution in [0.1, 0.15) is 53.9 Å². The van der Waals surface area contributed by atoms with Gasteiger partial charge in [0.1, 0.15) is 0 Å². The van der Waals surface area contributed by atoms with E-state index < -0.39 is 10.0 Å². The minimum atomic E-state index is -3.58. The third kappa shape index (κ3) is 6.62. The summed E-state index contributed by atoms with van der Waals surface area (Å²) in [5, 5.41) is 6.02. The standard InChI is InChI=1S/C21H29N3O3S2/c1-16-15-28-21(24-16)8-4-5-12-22-20(25)11-13-23-29(26,27)19-10-9-17-6-2-3-7-18(17)14-19/h9-10,14-15,23H,2-8,11-13H2,1H3,(H,22,25). The minimum Gasteiger partial charge on any atom is -0.356 e. The van der Waals surface area contributed by atoms with Crippen molar-refractivity contribution >= 4 is 27.3 Å². The van der Waals surface area contributed by atoms with Gasteiger partial charge >= 0.3 is 0 Å². The van der Waals surface area contributed by atoms with Crippen LogP contribution in [0.15, 0.2) is 28.5 Å². The number of sulfonamides is 1. The molecule has 0 radical (unpaired) electrons. The van der Waals surface area contributed by atoms with E-state index in [9.17, 15) is 13.2 Å². The van der Waals surface area contributed by atoms with Crippen molar-refractivity contribution in [3.05, 3.63) is 45.4 Å². The second kappa shape index (κ2) is 10.3. The molecular weight excluding hydrogens is 406 g/mol. The second-order valence-electron chi connectivity index (χ2n) is 7.48. The zero-order chi connectivity index (χ0) is 20.7. The van der Waals surface area contributed by atoms with Gasteiger partial charge in [0, 0.05) is 30.6 Å². The molecule has 8 heteroatoms. The number of carbonyl (C=O) groups excluding carboxylic acids is 1. The van der Waals surface area contributed by atoms with Crippen LogP contribution in [0.5, 0.6) is 0 Å². The molecule has 0 fully saturated rings. The van der Waals surface area contributed by atoms with Gasteiger partial charge in [-0.25, -0.2) is 18.1 Å². The molecular formula is C21H29N3O3S2. The van der Waals surface area contributed by atoms with Crippen LogP contribution in [0.2, 0.25) is 0 Å². The van der Waals surface area contributed by atoms with Crippen LogP contribution in [-0.4, -0.2) is 32.4 Å². The van der Waals surface area contributed by atoms with Crippen LogP contribution in [-0.2, 0) is 34.1 Å². The first-order valence-corrected chi connectivity index (χ1v) is 12.6. The van der Waals surface area contributed by atoms with Gasteiger partial charge in [-0.2, -0.15) is 0 Å². The van der Waals surface area contributed by atoms with Gasteiger partial charge in [-0.05, 0) is 75.1 Å². The molecule has 0 bridgehead atoms. The van der Waals surface area contributed by atoms with E-state index >= 15 is 0 Å². The Morgan fingerprint density at radius 1 is 1.14 bits per heavy atom. The molecule has 1 aliphatic carbocycles. The lowest BCUT2D eigenvalue weighted by molar-refractivity contribution is -0.120. The number of unbranched alkanes of at least 4 members (excludes halogenated alkanes) is 1. The number of carbonyl (C=O) groups is 1. The summed E-state index contributed by atoms with van der Waals surface area (Å²) >= 11 is 1.67. The molecule has 0 saturated heterocycles. The summed E-state index contributed by atoms with van der Waals surface area (Å²) in [4.78, 5) is 16.6. The molecule has 1 amide bonds. The largest absolute Gasteiger partial charge is 0.356 e. The number of aromatic nitrogens is 1. The number of hydrogen-bond acceptors (Lipinski definition) is 5. The Kier molecular flexibility index (Phi) is 7.80. The van der Waals surface area contributed by atoms with Crippen LogP contribution in [0, 0.1) is 6.92 Å². The average Bonchev–Trinajstić information content (AvgIpc) is 3.12. The Bertz CT molecular complexity index is 938. The van der Waals surface area contributed by atoms with Crippen molar-refractivity contribution in [1.82, 2.24) is 15.0 Å². The van der Waals surface area contributed by atoms with Crippen molar-refractivity contribution in [1.29, 1.82) is 0 Å². The molecule has 3 rings (SSSR count). The van der Waals surface area contributed by atoms with Crippen molar-refractivity contribution in [3.8, 4) is 0 Å². The van der Waals surface area contributed by atoms with Crippen LogP contribution in [0.3, 0.4) is 0 Å². The smallest absolute Gasteiger partial charge is 0.240 e. The molecule has 1 aromatic heterocycles. The van der Waals surface area contributed by atoms with Crippen molar-refractivity contribution in [2.45, 2.75) is 63.2 Å². The average molecular weight is 436 g/mol. The number of thiazole rings is 1. The molecule has 0 aliphatic heterocycles. The summed E-state index contributed by atoms with van der Waals surface area (Å²) in [6.45, 7) is 2.68. The van der Waals surface area contributed by atoms with Crippen LogP contribution in [0.25, 0.3) is 0 Å². The monoisotopic (exact) mass is 435 g/mol. The van der Waals surface area contributed by atoms with Gasteiger partial charge in [-0.3, -0.25) is 4.79 Å². The highest BCUT2D eigenvalue weighted by Gasteiger charge is 2.17. The molecule has 2 aromatic rings. The zero-order valence-electron chi connectivity index (χ0n) is 16.9. The van der Waals surface area contributed by atoms with Gasteiger partial charge in [-0.1, -0.05) is 6.07 Å². The van der Waals surface area contributed by atoms with Crippen LogP contribution >= 0.6 is 11.3 Å². The summed E-state index contributed by atoms with van der Waals surface area (Å²) in [5.74, 6) is -0.136. The van der Waals surface area contributed by atoms with Gasteiger partial charge in [0.05, 0.1) is 9.90 Å². The van der Waals surface area contributed by atoms with Crippen molar-refractivity contribution in [2.24, 2.45) is 0 Å². The first-order valence-electron chi connectivity index (χ1n) is 10.2. The Labute approximate surface area is 177 Å². The summed E-state index contributed by atoms with van der Waals surface area (Å²) in [6, 6.07) is 5.36. The summed E-state index contributed by atoms with van der Waals surface area (Å²) in [6.07, 6.45) is 7.13. The molecule has 0 atom stereocenters. The molecule has 29 heavy (non-hydrogen) atoms. The number of benzene rings is 1. The Hall–Kier alpha value is -1.77. The predicted octanol–water partition coefficient (Wildman–Crippen LogP) is 3.14. The number of hydrogen-bond donors (Lipinski definition) is 2. The van der Waals surface area contributed by atoms with Crippen molar-refractivity contribution in [3.63, 3.8) is 0 Å². The molecule has 6 nitrogen and oxygen atoms in total. The summed E-state index contributed by atoms with van der Waals surface area (Å²) < 4.78 is 27.5. The quantitative estimate of drug-likeness (QED) is 0.561. The maximum absolute atomic E-state index is 12.5. The third-order valence-corrected chi connectivity index (χ3v) is 7.57. The van der Waals surface area contributed by atoms with E-state index in [-0.39, 0.29) is 23.8 Å². The van der Waals surface area contributed by atoms with Gasteiger partial charge in [0.2, 0.25) is 15.9 Å². The fourth-order valence-corrected chi connectivity index (χ4v) is 5.39. The van der Waals surface area contributed by atoms with E-state index in [0.717, 1.165) is 61.2 Å². The number of rotatable bonds is 10. The third-order valence-electron chi connectivity index (χ3n) is 5.08. The second-order valence-corrected chi connectivity index (χ2v) is 10.2. The SMILES string of the molecule is Cc1csc(CCCCNC(=O)CCNS(=O)(=O)c2ccc3c(c2)CCCC3)n1. The Balaban J connectivity index is 1.34. The lowest BCUT2D eigenvalue weighted by atomic mass is 9.92. The maximum atomic E-state index is 12.5. The normalized spacial score (nSPS) is 13.8. The van der Waals surface area contributed by atoms with Gasteiger partial charge in [-0.15, -0.1) is 11.3 Å². The molecule has 2 N–H and O–H groups in total. The van der Waals surface area contributed by atoms with Crippen LogP contribution < -0.4 is 10.0 Å². The highest BCUT2D eigenvalue weighted by Crippen LogP contribution is 2.24. The molecule has 0 unspecified atom stereocenters. The first kappa shape index (κ1) is 21.9. The number of amides is 1. The van der Waals surface area contributed by atoms with E-state index in [1.807, 2.05) is 18.4 Å². The van der Waals surface area contributed by atoms with Crippen LogP contribution in [0.4, 0.5) is 0 Å². The van der Waals surface area contributed by atoms with E-state index in [4.69, 9.17) is 0 Å². The van der Waals surface area contributed by atoms with Crippen molar-refractivity contribution in [2.75, 3.05) is 13.1 Å². The van der Waals surface area contributed by atoms with E-state index in [0.29, 0.717) is 6.54 Å². The molecule has 1 aromatic carbocycles. The maximum Gasteiger partial charge on any atom is 0.240 e. The Morgan fingerprint density at radius 3 is 2.69 bits per heavy atom. The van der Waals surface area contributed by atoms with Gasteiger partial charge in [0.25, 0.3) is 0 Å². The minimum absolute atomic E-state index is 0.101. The summed E-state index contributed by atoms with van der Waals surface area (Å²) in [5.41, 5.74) is 3.43. The number of aryl methyl sites for hydroxylation is 4. The lowest BCUT2D eigenvalue weighted by Gasteiger charge is -2.16. The van der Waals surface area contributed by atoms with Gasteiger partial charge < -0.3 is 5.32 Å². The van der Waals surface area contributed by atoms with E-state index in [2.05, 4.69) is 15.0 Å². The number of nitrogens with zero attached hydrogens (tertiary/aromatic N) is 1. The van der Waals surface area contributed by atoms with Crippen molar-refractivity contribution < 1.29 is 13.2 Å². The molecule has 1 heterocycles. The first-order chi connectivity index (χ1) is 13.9. The van der Waals surface area contributed by atoms with E-state index in [1.54, 1.807) is 23.5 Å². The Morgan fingerprint density at radius 2 is 1.93 bits per heavy atom. The molecule has 158 valence electrons. The molecule has 0 saturated carbocycles. The number of fused-ring (bicyclic) bond motifs is 1. The number of nitrogens with one attached hydrogen (secondary N) is 2. The highest BCUT2D eigenvalue weighted by molar-refractivity contribution is 7.89. The van der Waals surface area contributed by atoms with Gasteiger partial charge in [0.15, 0.2) is 0 Å². The van der Waals surface area contributed by atoms with E-state index in [1.165, 1.54) is 5.56 Å². The zero-order valence-corrected chi connectivity index (χ0v) is 18.5. The molecule has 0 spiro atoms. The predicted molar refractivity (Wildman–Crippen MR) is 116 cm³/mol. The fraction of sp³-hybridized carbons (Fsp3) is 0.524. The lowest BCUT2D eigenvalue weighted by Crippen LogP contribution is -2.31. The topological polar surface area (TPSA) is 88.2 Å².